The first-order chi connectivity index (χ1) is 8.20. The van der Waals surface area contributed by atoms with E-state index in [0.29, 0.717) is 17.9 Å². The first kappa shape index (κ1) is 15.8. The number of rotatable bonds is 2. The van der Waals surface area contributed by atoms with Crippen molar-refractivity contribution in [2.45, 2.75) is 57.9 Å². The Morgan fingerprint density at radius 2 is 1.67 bits per heavy atom. The fourth-order valence-corrected chi connectivity index (χ4v) is 3.20. The zero-order chi connectivity index (χ0) is 12.3. The highest BCUT2D eigenvalue weighted by Gasteiger charge is 2.30. The summed E-state index contributed by atoms with van der Waals surface area (Å²) < 4.78 is 0. The molecule has 0 bridgehead atoms. The van der Waals surface area contributed by atoms with E-state index >= 15 is 0 Å². The third kappa shape index (κ3) is 3.86. The Bertz CT molecular complexity index is 257. The van der Waals surface area contributed by atoms with Crippen LogP contribution in [0.15, 0.2) is 0 Å². The summed E-state index contributed by atoms with van der Waals surface area (Å²) in [7, 11) is 0. The molecule has 4 heteroatoms. The lowest BCUT2D eigenvalue weighted by Gasteiger charge is -2.35. The Morgan fingerprint density at radius 3 is 2.17 bits per heavy atom. The molecule has 1 amide bonds. The molecule has 0 aromatic carbocycles. The molecule has 1 aliphatic heterocycles. The standard InChI is InChI=1S/C14H26N2O.ClH/c1-2-11-3-5-12(6-4-11)14(17)16-9-7-13(15)8-10-16;/h11-13H,2-10,15H2,1H3;1H. The lowest BCUT2D eigenvalue weighted by atomic mass is 9.80. The van der Waals surface area contributed by atoms with Gasteiger partial charge in [-0.1, -0.05) is 13.3 Å². The van der Waals surface area contributed by atoms with Gasteiger partial charge in [-0.05, 0) is 44.4 Å². The van der Waals surface area contributed by atoms with Crippen molar-refractivity contribution in [1.82, 2.24) is 4.90 Å². The van der Waals surface area contributed by atoms with Crippen molar-refractivity contribution in [3.63, 3.8) is 0 Å². The lowest BCUT2D eigenvalue weighted by Crippen LogP contribution is -2.45. The summed E-state index contributed by atoms with van der Waals surface area (Å²) in [6.45, 7) is 4.03. The summed E-state index contributed by atoms with van der Waals surface area (Å²) >= 11 is 0. The fourth-order valence-electron chi connectivity index (χ4n) is 3.20. The molecule has 3 nitrogen and oxygen atoms in total. The van der Waals surface area contributed by atoms with Crippen molar-refractivity contribution in [3.8, 4) is 0 Å². The Morgan fingerprint density at radius 1 is 1.11 bits per heavy atom. The second kappa shape index (κ2) is 7.34. The van der Waals surface area contributed by atoms with Crippen LogP contribution in [-0.4, -0.2) is 29.9 Å². The van der Waals surface area contributed by atoms with Crippen LogP contribution < -0.4 is 5.73 Å². The number of piperidine rings is 1. The molecule has 18 heavy (non-hydrogen) atoms. The zero-order valence-corrected chi connectivity index (χ0v) is 12.3. The molecule has 2 aliphatic rings. The molecule has 0 aromatic heterocycles. The van der Waals surface area contributed by atoms with Crippen LogP contribution in [0.1, 0.15) is 51.9 Å². The zero-order valence-electron chi connectivity index (χ0n) is 11.4. The number of carbonyl (C=O) groups excluding carboxylic acids is 1. The number of halogens is 1. The maximum Gasteiger partial charge on any atom is 0.225 e. The first-order valence-electron chi connectivity index (χ1n) is 7.25. The second-order valence-corrected chi connectivity index (χ2v) is 5.79. The van der Waals surface area contributed by atoms with E-state index in [9.17, 15) is 4.79 Å². The van der Waals surface area contributed by atoms with Gasteiger partial charge in [-0.15, -0.1) is 12.4 Å². The molecule has 0 aromatic rings. The smallest absolute Gasteiger partial charge is 0.225 e. The van der Waals surface area contributed by atoms with Crippen LogP contribution in [0.3, 0.4) is 0 Å². The Kier molecular flexibility index (Phi) is 6.44. The van der Waals surface area contributed by atoms with Gasteiger partial charge in [-0.25, -0.2) is 0 Å². The van der Waals surface area contributed by atoms with Crippen molar-refractivity contribution in [2.24, 2.45) is 17.6 Å². The highest BCUT2D eigenvalue weighted by atomic mass is 35.5. The van der Waals surface area contributed by atoms with E-state index in [2.05, 4.69) is 11.8 Å². The molecule has 1 aliphatic carbocycles. The van der Waals surface area contributed by atoms with Crippen molar-refractivity contribution < 1.29 is 4.79 Å². The van der Waals surface area contributed by atoms with Crippen molar-refractivity contribution >= 4 is 18.3 Å². The molecule has 2 fully saturated rings. The molecular weight excluding hydrogens is 248 g/mol. The normalized spacial score (nSPS) is 29.8. The van der Waals surface area contributed by atoms with Crippen LogP contribution >= 0.6 is 12.4 Å². The van der Waals surface area contributed by atoms with Gasteiger partial charge >= 0.3 is 0 Å². The summed E-state index contributed by atoms with van der Waals surface area (Å²) in [5.41, 5.74) is 5.87. The number of hydrogen-bond donors (Lipinski definition) is 1. The van der Waals surface area contributed by atoms with Gasteiger partial charge in [0.1, 0.15) is 0 Å². The molecule has 1 saturated heterocycles. The van der Waals surface area contributed by atoms with Gasteiger partial charge in [0.25, 0.3) is 0 Å². The van der Waals surface area contributed by atoms with E-state index in [4.69, 9.17) is 5.73 Å². The largest absolute Gasteiger partial charge is 0.342 e. The molecular formula is C14H27ClN2O. The Labute approximate surface area is 117 Å². The van der Waals surface area contributed by atoms with E-state index in [1.54, 1.807) is 0 Å². The summed E-state index contributed by atoms with van der Waals surface area (Å²) in [4.78, 5) is 14.4. The molecule has 0 spiro atoms. The van der Waals surface area contributed by atoms with Gasteiger partial charge in [-0.2, -0.15) is 0 Å². The fraction of sp³-hybridized carbons (Fsp3) is 0.929. The van der Waals surface area contributed by atoms with Crippen molar-refractivity contribution in [1.29, 1.82) is 0 Å². The first-order valence-corrected chi connectivity index (χ1v) is 7.25. The summed E-state index contributed by atoms with van der Waals surface area (Å²) in [5.74, 6) is 1.59. The van der Waals surface area contributed by atoms with E-state index < -0.39 is 0 Å². The highest BCUT2D eigenvalue weighted by Crippen LogP contribution is 2.32. The van der Waals surface area contributed by atoms with Gasteiger partial charge in [-0.3, -0.25) is 4.79 Å². The van der Waals surface area contributed by atoms with Crippen LogP contribution in [0.2, 0.25) is 0 Å². The summed E-state index contributed by atoms with van der Waals surface area (Å²) in [5, 5.41) is 0. The van der Waals surface area contributed by atoms with Crippen LogP contribution in [0.25, 0.3) is 0 Å². The lowest BCUT2D eigenvalue weighted by molar-refractivity contribution is -0.137. The van der Waals surface area contributed by atoms with Crippen LogP contribution in [0.5, 0.6) is 0 Å². The Balaban J connectivity index is 0.00000162. The van der Waals surface area contributed by atoms with Crippen molar-refractivity contribution in [2.75, 3.05) is 13.1 Å². The van der Waals surface area contributed by atoms with Crippen LogP contribution in [0.4, 0.5) is 0 Å². The van der Waals surface area contributed by atoms with E-state index in [1.807, 2.05) is 0 Å². The van der Waals surface area contributed by atoms with Crippen LogP contribution in [-0.2, 0) is 4.79 Å². The molecule has 2 rings (SSSR count). The van der Waals surface area contributed by atoms with Gasteiger partial charge in [0.05, 0.1) is 0 Å². The number of hydrogen-bond acceptors (Lipinski definition) is 2. The maximum absolute atomic E-state index is 12.3. The van der Waals surface area contributed by atoms with Crippen LogP contribution in [0, 0.1) is 11.8 Å². The number of nitrogens with two attached hydrogens (primary N) is 1. The number of amides is 1. The van der Waals surface area contributed by atoms with Gasteiger partial charge in [0.15, 0.2) is 0 Å². The van der Waals surface area contributed by atoms with E-state index in [1.165, 1.54) is 19.3 Å². The third-order valence-corrected chi connectivity index (χ3v) is 4.62. The minimum atomic E-state index is 0. The van der Waals surface area contributed by atoms with Crippen molar-refractivity contribution in [3.05, 3.63) is 0 Å². The minimum absolute atomic E-state index is 0. The van der Waals surface area contributed by atoms with E-state index in [0.717, 1.165) is 44.7 Å². The van der Waals surface area contributed by atoms with Gasteiger partial charge < -0.3 is 10.6 Å². The topological polar surface area (TPSA) is 46.3 Å². The SMILES string of the molecule is CCC1CCC(C(=O)N2CCC(N)CC2)CC1.Cl. The molecule has 0 atom stereocenters. The quantitative estimate of drug-likeness (QED) is 0.841. The number of carbonyl (C=O) groups is 1. The predicted octanol–water partition coefficient (Wildman–Crippen LogP) is 2.57. The molecule has 0 unspecified atom stereocenters. The van der Waals surface area contributed by atoms with E-state index in [-0.39, 0.29) is 12.4 Å². The maximum atomic E-state index is 12.3. The predicted molar refractivity (Wildman–Crippen MR) is 76.8 cm³/mol. The monoisotopic (exact) mass is 274 g/mol. The molecule has 1 heterocycles. The number of likely N-dealkylation sites (tertiary alicyclic amines) is 1. The summed E-state index contributed by atoms with van der Waals surface area (Å²) in [6, 6.07) is 0.315. The summed E-state index contributed by atoms with van der Waals surface area (Å²) in [6.07, 6.45) is 7.96. The molecule has 2 N–H and O–H groups in total. The van der Waals surface area contributed by atoms with Gasteiger partial charge in [0.2, 0.25) is 5.91 Å². The average molecular weight is 275 g/mol. The highest BCUT2D eigenvalue weighted by molar-refractivity contribution is 5.85. The Hall–Kier alpha value is -0.280. The average Bonchev–Trinajstić information content (AvgIpc) is 2.39. The second-order valence-electron chi connectivity index (χ2n) is 5.79. The minimum Gasteiger partial charge on any atom is -0.342 e. The molecule has 0 radical (unpaired) electrons. The molecule has 1 saturated carbocycles. The van der Waals surface area contributed by atoms with Gasteiger partial charge in [0, 0.05) is 25.0 Å². The molecule has 106 valence electrons. The number of nitrogens with zero attached hydrogens (tertiary/aromatic N) is 1. The third-order valence-electron chi connectivity index (χ3n) is 4.62.